The van der Waals surface area contributed by atoms with E-state index >= 15 is 0 Å². The summed E-state index contributed by atoms with van der Waals surface area (Å²) in [6, 6.07) is 14.1. The van der Waals surface area contributed by atoms with Gasteiger partial charge >= 0.3 is 0 Å². The Morgan fingerprint density at radius 1 is 1.26 bits per heavy atom. The highest BCUT2D eigenvalue weighted by Gasteiger charge is 2.21. The summed E-state index contributed by atoms with van der Waals surface area (Å²) in [6.07, 6.45) is 1.80. The zero-order chi connectivity index (χ0) is 18.6. The topological polar surface area (TPSA) is 101 Å². The molecule has 3 aromatic rings. The fraction of sp³-hybridized carbons (Fsp3) is 0.211. The van der Waals surface area contributed by atoms with E-state index in [1.54, 1.807) is 6.20 Å². The molecule has 0 radical (unpaired) electrons. The molecule has 2 aromatic heterocycles. The largest absolute Gasteiger partial charge is 0.394 e. The van der Waals surface area contributed by atoms with Gasteiger partial charge in [-0.15, -0.1) is 5.53 Å². The predicted octanol–water partition coefficient (Wildman–Crippen LogP) is 2.18. The first-order chi connectivity index (χ1) is 13.2. The lowest BCUT2D eigenvalue weighted by molar-refractivity contribution is 0.152. The Kier molecular flexibility index (Phi) is 4.82. The number of pyridine rings is 2. The molecule has 0 saturated carbocycles. The van der Waals surface area contributed by atoms with Gasteiger partial charge in [-0.3, -0.25) is 9.99 Å². The van der Waals surface area contributed by atoms with Gasteiger partial charge in [0.2, 0.25) is 0 Å². The molecule has 1 aliphatic heterocycles. The predicted molar refractivity (Wildman–Crippen MR) is 106 cm³/mol. The molecule has 27 heavy (non-hydrogen) atoms. The van der Waals surface area contributed by atoms with Crippen LogP contribution in [0.5, 0.6) is 0 Å². The van der Waals surface area contributed by atoms with Gasteiger partial charge in [-0.1, -0.05) is 17.3 Å². The summed E-state index contributed by atoms with van der Waals surface area (Å²) in [5.74, 6) is 0.812. The SMILES string of the molecule is C/C(=N\OCCN)c1ccc2c(n1)N(Cc1ccc3ncccc3c1)NN2. The van der Waals surface area contributed by atoms with E-state index in [4.69, 9.17) is 15.6 Å². The second kappa shape index (κ2) is 7.56. The number of fused-ring (bicyclic) bond motifs is 2. The van der Waals surface area contributed by atoms with Gasteiger partial charge in [0.15, 0.2) is 5.82 Å². The Labute approximate surface area is 157 Å². The van der Waals surface area contributed by atoms with Gasteiger partial charge in [0.05, 0.1) is 23.4 Å². The van der Waals surface area contributed by atoms with E-state index in [-0.39, 0.29) is 0 Å². The second-order valence-corrected chi connectivity index (χ2v) is 6.22. The Morgan fingerprint density at radius 3 is 3.07 bits per heavy atom. The number of aromatic nitrogens is 2. The average molecular weight is 363 g/mol. The molecule has 1 aromatic carbocycles. The second-order valence-electron chi connectivity index (χ2n) is 6.22. The number of nitrogens with one attached hydrogen (secondary N) is 2. The number of nitrogens with two attached hydrogens (primary N) is 1. The molecule has 0 saturated heterocycles. The quantitative estimate of drug-likeness (QED) is 0.350. The lowest BCUT2D eigenvalue weighted by Crippen LogP contribution is -2.35. The third-order valence-corrected chi connectivity index (χ3v) is 4.25. The number of hydrogen-bond donors (Lipinski definition) is 3. The summed E-state index contributed by atoms with van der Waals surface area (Å²) in [5.41, 5.74) is 16.2. The number of oxime groups is 1. The van der Waals surface area contributed by atoms with E-state index in [2.05, 4.69) is 39.3 Å². The summed E-state index contributed by atoms with van der Waals surface area (Å²) in [5, 5.41) is 7.14. The van der Waals surface area contributed by atoms with Crippen molar-refractivity contribution < 1.29 is 4.84 Å². The van der Waals surface area contributed by atoms with Gasteiger partial charge < -0.3 is 16.0 Å². The Morgan fingerprint density at radius 2 is 2.19 bits per heavy atom. The zero-order valence-corrected chi connectivity index (χ0v) is 15.0. The number of hydrazine groups is 2. The number of hydrogen-bond acceptors (Lipinski definition) is 8. The van der Waals surface area contributed by atoms with Crippen molar-refractivity contribution in [2.45, 2.75) is 13.5 Å². The van der Waals surface area contributed by atoms with Gasteiger partial charge in [0, 0.05) is 18.1 Å². The highest BCUT2D eigenvalue weighted by atomic mass is 16.6. The van der Waals surface area contributed by atoms with Crippen molar-refractivity contribution in [1.29, 1.82) is 0 Å². The normalized spacial score (nSPS) is 13.6. The number of rotatable bonds is 6. The lowest BCUT2D eigenvalue weighted by atomic mass is 10.1. The van der Waals surface area contributed by atoms with Gasteiger partial charge in [-0.25, -0.2) is 4.98 Å². The molecule has 3 heterocycles. The van der Waals surface area contributed by atoms with Crippen LogP contribution in [0.15, 0.2) is 53.8 Å². The van der Waals surface area contributed by atoms with Crippen LogP contribution in [0, 0.1) is 0 Å². The number of nitrogens with zero attached hydrogens (tertiary/aromatic N) is 4. The van der Waals surface area contributed by atoms with Crippen LogP contribution in [-0.2, 0) is 11.4 Å². The Balaban J connectivity index is 1.56. The molecule has 8 heteroatoms. The minimum absolute atomic E-state index is 0.383. The molecule has 8 nitrogen and oxygen atoms in total. The molecule has 4 rings (SSSR count). The Bertz CT molecular complexity index is 989. The van der Waals surface area contributed by atoms with Crippen molar-refractivity contribution in [3.05, 3.63) is 59.9 Å². The zero-order valence-electron chi connectivity index (χ0n) is 15.0. The van der Waals surface area contributed by atoms with Crippen LogP contribution in [-0.4, -0.2) is 28.8 Å². The molecule has 4 N–H and O–H groups in total. The van der Waals surface area contributed by atoms with E-state index in [9.17, 15) is 0 Å². The molecule has 0 spiro atoms. The first-order valence-corrected chi connectivity index (χ1v) is 8.75. The third-order valence-electron chi connectivity index (χ3n) is 4.25. The molecule has 0 bridgehead atoms. The molecule has 0 aliphatic carbocycles. The summed E-state index contributed by atoms with van der Waals surface area (Å²) in [4.78, 5) is 14.2. The highest BCUT2D eigenvalue weighted by Crippen LogP contribution is 2.28. The fourth-order valence-electron chi connectivity index (χ4n) is 2.90. The summed E-state index contributed by atoms with van der Waals surface area (Å²) < 4.78 is 0. The molecular weight excluding hydrogens is 342 g/mol. The summed E-state index contributed by atoms with van der Waals surface area (Å²) in [6.45, 7) is 3.33. The van der Waals surface area contributed by atoms with E-state index in [1.165, 1.54) is 0 Å². The van der Waals surface area contributed by atoms with E-state index in [1.807, 2.05) is 36.2 Å². The van der Waals surface area contributed by atoms with Gasteiger partial charge in [0.1, 0.15) is 12.3 Å². The van der Waals surface area contributed by atoms with Crippen molar-refractivity contribution >= 4 is 28.1 Å². The minimum Gasteiger partial charge on any atom is -0.394 e. The van der Waals surface area contributed by atoms with Crippen LogP contribution in [0.25, 0.3) is 10.9 Å². The van der Waals surface area contributed by atoms with Crippen LogP contribution in [0.4, 0.5) is 11.5 Å². The maximum atomic E-state index is 5.42. The monoisotopic (exact) mass is 363 g/mol. The van der Waals surface area contributed by atoms with Crippen LogP contribution in [0.2, 0.25) is 0 Å². The molecule has 0 fully saturated rings. The molecular formula is C19H21N7O. The molecule has 0 atom stereocenters. The van der Waals surface area contributed by atoms with Crippen molar-refractivity contribution in [3.8, 4) is 0 Å². The van der Waals surface area contributed by atoms with Crippen LogP contribution < -0.4 is 21.7 Å². The van der Waals surface area contributed by atoms with E-state index in [0.717, 1.165) is 33.7 Å². The van der Waals surface area contributed by atoms with Crippen LogP contribution in [0.1, 0.15) is 18.2 Å². The smallest absolute Gasteiger partial charge is 0.170 e. The van der Waals surface area contributed by atoms with Crippen LogP contribution >= 0.6 is 0 Å². The molecule has 0 unspecified atom stereocenters. The number of anilines is 2. The Hall–Kier alpha value is -3.23. The number of benzene rings is 1. The summed E-state index contributed by atoms with van der Waals surface area (Å²) >= 11 is 0. The van der Waals surface area contributed by atoms with Crippen LogP contribution in [0.3, 0.4) is 0 Å². The molecule has 138 valence electrons. The maximum absolute atomic E-state index is 5.42. The van der Waals surface area contributed by atoms with Crippen molar-refractivity contribution in [2.24, 2.45) is 10.9 Å². The summed E-state index contributed by atoms with van der Waals surface area (Å²) in [7, 11) is 0. The maximum Gasteiger partial charge on any atom is 0.170 e. The van der Waals surface area contributed by atoms with E-state index in [0.29, 0.717) is 25.4 Å². The average Bonchev–Trinajstić information content (AvgIpc) is 3.10. The molecule has 1 aliphatic rings. The highest BCUT2D eigenvalue weighted by molar-refractivity contribution is 5.97. The van der Waals surface area contributed by atoms with Gasteiger partial charge in [0.25, 0.3) is 0 Å². The minimum atomic E-state index is 0.383. The van der Waals surface area contributed by atoms with Crippen molar-refractivity contribution in [3.63, 3.8) is 0 Å². The van der Waals surface area contributed by atoms with E-state index < -0.39 is 0 Å². The molecule has 0 amide bonds. The lowest BCUT2D eigenvalue weighted by Gasteiger charge is -2.17. The van der Waals surface area contributed by atoms with Gasteiger partial charge in [-0.2, -0.15) is 0 Å². The standard InChI is InChI=1S/C19H21N7O/c1-13(24-27-10-8-20)16-6-7-18-19(22-16)26(25-23-18)12-14-4-5-17-15(11-14)3-2-9-21-17/h2-7,9,11,23,25H,8,10,12,20H2,1H3/b24-13+. The third kappa shape index (κ3) is 3.67. The fourth-order valence-corrected chi connectivity index (χ4v) is 2.90. The van der Waals surface area contributed by atoms with Crippen molar-refractivity contribution in [2.75, 3.05) is 23.6 Å². The first kappa shape index (κ1) is 17.2. The van der Waals surface area contributed by atoms with Crippen molar-refractivity contribution in [1.82, 2.24) is 15.5 Å². The van der Waals surface area contributed by atoms with Gasteiger partial charge in [-0.05, 0) is 42.8 Å². The first-order valence-electron chi connectivity index (χ1n) is 8.75.